The minimum absolute atomic E-state index is 0.0839. The van der Waals surface area contributed by atoms with Gasteiger partial charge in [-0.15, -0.1) is 0 Å². The number of para-hydroxylation sites is 4. The second-order valence-corrected chi connectivity index (χ2v) is 13.5. The minimum atomic E-state index is -4.13. The Kier molecular flexibility index (Phi) is 8.56. The molecule has 4 aromatic rings. The SMILES string of the molecule is Cc1ccc(S(=O)(=O)N2CCN(S(=O)(=O)c3ccc(C)cc3)c3ccccc3OC/C=C/COc3ccccc32)cc1. The summed E-state index contributed by atoms with van der Waals surface area (Å²) in [5.74, 6) is 0.702. The van der Waals surface area contributed by atoms with Crippen LogP contribution >= 0.6 is 0 Å². The highest BCUT2D eigenvalue weighted by Gasteiger charge is 2.32. The predicted molar refractivity (Wildman–Crippen MR) is 164 cm³/mol. The Bertz CT molecular complexity index is 1650. The Labute approximate surface area is 247 Å². The average Bonchev–Trinajstić information content (AvgIpc) is 2.98. The minimum Gasteiger partial charge on any atom is -0.487 e. The fraction of sp³-hybridized carbons (Fsp3) is 0.188. The predicted octanol–water partition coefficient (Wildman–Crippen LogP) is 5.72. The second kappa shape index (κ2) is 12.3. The van der Waals surface area contributed by atoms with Gasteiger partial charge >= 0.3 is 0 Å². The number of rotatable bonds is 4. The van der Waals surface area contributed by atoms with Gasteiger partial charge in [0.2, 0.25) is 0 Å². The van der Waals surface area contributed by atoms with Gasteiger partial charge < -0.3 is 9.47 Å². The molecule has 0 N–H and O–H groups in total. The van der Waals surface area contributed by atoms with Crippen molar-refractivity contribution in [1.29, 1.82) is 0 Å². The van der Waals surface area contributed by atoms with Gasteiger partial charge in [0.1, 0.15) is 24.7 Å². The Hall–Kier alpha value is -4.28. The topological polar surface area (TPSA) is 93.2 Å². The number of aryl methyl sites for hydroxylation is 2. The molecule has 0 atom stereocenters. The summed E-state index contributed by atoms with van der Waals surface area (Å²) < 4.78 is 71.1. The summed E-state index contributed by atoms with van der Waals surface area (Å²) >= 11 is 0. The van der Waals surface area contributed by atoms with Gasteiger partial charge in [0.25, 0.3) is 20.0 Å². The van der Waals surface area contributed by atoms with Gasteiger partial charge in [0, 0.05) is 0 Å². The molecule has 1 aliphatic heterocycles. The fourth-order valence-electron chi connectivity index (χ4n) is 4.58. The van der Waals surface area contributed by atoms with Crippen molar-refractivity contribution >= 4 is 31.4 Å². The standard InChI is InChI=1S/C32H32N2O6S2/c1-25-13-17-27(18-14-25)41(35,36)33-21-22-34(42(37,38)28-19-15-26(2)16-20-28)30-10-4-6-12-32(30)40-24-8-7-23-39-31-11-5-3-9-29(31)33/h3-20H,21-24H2,1-2H3/b8-7+. The van der Waals surface area contributed by atoms with Gasteiger partial charge in [-0.2, -0.15) is 0 Å². The molecule has 0 spiro atoms. The highest BCUT2D eigenvalue weighted by Crippen LogP contribution is 2.36. The van der Waals surface area contributed by atoms with E-state index < -0.39 is 20.0 Å². The van der Waals surface area contributed by atoms with Gasteiger partial charge in [0.15, 0.2) is 0 Å². The van der Waals surface area contributed by atoms with Crippen LogP contribution in [0.2, 0.25) is 0 Å². The van der Waals surface area contributed by atoms with E-state index in [2.05, 4.69) is 0 Å². The van der Waals surface area contributed by atoms with Crippen LogP contribution in [0.3, 0.4) is 0 Å². The zero-order chi connectivity index (χ0) is 29.7. The third-order valence-electron chi connectivity index (χ3n) is 6.83. The van der Waals surface area contributed by atoms with Crippen LogP contribution in [0.5, 0.6) is 11.5 Å². The summed E-state index contributed by atoms with van der Waals surface area (Å²) in [6, 6.07) is 26.8. The quantitative estimate of drug-likeness (QED) is 0.277. The Morgan fingerprint density at radius 3 is 1.26 bits per heavy atom. The maximum atomic E-state index is 14.2. The van der Waals surface area contributed by atoms with Gasteiger partial charge in [-0.05, 0) is 74.5 Å². The number of fused-ring (bicyclic) bond motifs is 2. The number of hydrogen-bond donors (Lipinski definition) is 0. The molecule has 0 radical (unpaired) electrons. The second-order valence-electron chi connectivity index (χ2n) is 9.81. The van der Waals surface area contributed by atoms with Crippen LogP contribution in [0.1, 0.15) is 11.1 Å². The van der Waals surface area contributed by atoms with E-state index in [-0.39, 0.29) is 36.1 Å². The van der Waals surface area contributed by atoms with Crippen LogP contribution in [-0.2, 0) is 20.0 Å². The zero-order valence-electron chi connectivity index (χ0n) is 23.4. The van der Waals surface area contributed by atoms with Gasteiger partial charge in [0.05, 0.1) is 34.3 Å². The number of benzene rings is 4. The molecular weight excluding hydrogens is 572 g/mol. The molecule has 42 heavy (non-hydrogen) atoms. The normalized spacial score (nSPS) is 15.4. The number of ether oxygens (including phenoxy) is 2. The number of hydrogen-bond acceptors (Lipinski definition) is 6. The lowest BCUT2D eigenvalue weighted by molar-refractivity contribution is 0.350. The van der Waals surface area contributed by atoms with E-state index in [9.17, 15) is 16.8 Å². The van der Waals surface area contributed by atoms with Gasteiger partial charge in [-0.25, -0.2) is 16.8 Å². The Morgan fingerprint density at radius 2 is 0.881 bits per heavy atom. The summed E-state index contributed by atoms with van der Waals surface area (Å²) in [4.78, 5) is 0.168. The monoisotopic (exact) mass is 604 g/mol. The summed E-state index contributed by atoms with van der Waals surface area (Å²) in [6.07, 6.45) is 3.54. The van der Waals surface area contributed by atoms with Crippen molar-refractivity contribution in [2.75, 3.05) is 34.9 Å². The molecule has 5 rings (SSSR count). The van der Waals surface area contributed by atoms with E-state index in [0.29, 0.717) is 22.9 Å². The van der Waals surface area contributed by atoms with Crippen LogP contribution in [0, 0.1) is 13.8 Å². The maximum absolute atomic E-state index is 14.2. The molecule has 0 unspecified atom stereocenters. The van der Waals surface area contributed by atoms with Crippen molar-refractivity contribution in [3.8, 4) is 11.5 Å². The zero-order valence-corrected chi connectivity index (χ0v) is 25.0. The highest BCUT2D eigenvalue weighted by atomic mass is 32.2. The van der Waals surface area contributed by atoms with Crippen molar-refractivity contribution in [2.45, 2.75) is 23.6 Å². The number of anilines is 2. The van der Waals surface area contributed by atoms with Crippen LogP contribution < -0.4 is 18.1 Å². The third kappa shape index (κ3) is 6.14. The largest absolute Gasteiger partial charge is 0.487 e. The van der Waals surface area contributed by atoms with E-state index in [1.54, 1.807) is 109 Å². The van der Waals surface area contributed by atoms with Crippen molar-refractivity contribution in [2.24, 2.45) is 0 Å². The summed E-state index contributed by atoms with van der Waals surface area (Å²) in [6.45, 7) is 3.73. The van der Waals surface area contributed by atoms with Crippen molar-refractivity contribution in [3.05, 3.63) is 120 Å². The van der Waals surface area contributed by atoms with E-state index in [0.717, 1.165) is 11.1 Å². The van der Waals surface area contributed by atoms with E-state index in [1.165, 1.54) is 8.61 Å². The molecule has 0 amide bonds. The Morgan fingerprint density at radius 1 is 0.524 bits per heavy atom. The molecule has 0 bridgehead atoms. The van der Waals surface area contributed by atoms with E-state index in [1.807, 2.05) is 13.8 Å². The molecule has 0 saturated carbocycles. The molecule has 0 aliphatic carbocycles. The van der Waals surface area contributed by atoms with Gasteiger partial charge in [-0.1, -0.05) is 59.7 Å². The average molecular weight is 605 g/mol. The molecule has 4 aromatic carbocycles. The molecule has 218 valence electrons. The van der Waals surface area contributed by atoms with Crippen LogP contribution in [-0.4, -0.2) is 43.1 Å². The van der Waals surface area contributed by atoms with E-state index in [4.69, 9.17) is 9.47 Å². The Balaban J connectivity index is 1.67. The molecule has 10 heteroatoms. The summed E-state index contributed by atoms with van der Waals surface area (Å²) in [5.41, 5.74) is 2.44. The first-order valence-electron chi connectivity index (χ1n) is 13.5. The first-order valence-corrected chi connectivity index (χ1v) is 16.3. The lowest BCUT2D eigenvalue weighted by atomic mass is 10.2. The van der Waals surface area contributed by atoms with Crippen LogP contribution in [0.4, 0.5) is 11.4 Å². The first-order chi connectivity index (χ1) is 20.2. The first kappa shape index (κ1) is 29.2. The van der Waals surface area contributed by atoms with Crippen LogP contribution in [0.15, 0.2) is 119 Å². The molecule has 1 aliphatic rings. The molecule has 8 nitrogen and oxygen atoms in total. The summed E-state index contributed by atoms with van der Waals surface area (Å²) in [7, 11) is -8.26. The molecular formula is C32H32N2O6S2. The third-order valence-corrected chi connectivity index (χ3v) is 10.5. The highest BCUT2D eigenvalue weighted by molar-refractivity contribution is 7.93. The molecule has 0 saturated heterocycles. The lowest BCUT2D eigenvalue weighted by Gasteiger charge is -2.31. The molecule has 1 heterocycles. The molecule has 0 aromatic heterocycles. The smallest absolute Gasteiger partial charge is 0.264 e. The fourth-order valence-corrected chi connectivity index (χ4v) is 7.51. The van der Waals surface area contributed by atoms with E-state index >= 15 is 0 Å². The van der Waals surface area contributed by atoms with Crippen molar-refractivity contribution in [3.63, 3.8) is 0 Å². The number of nitrogens with zero attached hydrogens (tertiary/aromatic N) is 2. The summed E-state index contributed by atoms with van der Waals surface area (Å²) in [5, 5.41) is 0. The molecule has 0 fully saturated rings. The maximum Gasteiger partial charge on any atom is 0.264 e. The van der Waals surface area contributed by atoms with Crippen molar-refractivity contribution in [1.82, 2.24) is 0 Å². The van der Waals surface area contributed by atoms with Crippen LogP contribution in [0.25, 0.3) is 0 Å². The lowest BCUT2D eigenvalue weighted by Crippen LogP contribution is -2.41. The number of sulfonamides is 2. The van der Waals surface area contributed by atoms with Crippen molar-refractivity contribution < 1.29 is 26.3 Å². The van der Waals surface area contributed by atoms with Gasteiger partial charge in [-0.3, -0.25) is 8.61 Å².